The number of nitro benzene ring substituents is 1. The second-order valence-electron chi connectivity index (χ2n) is 3.64. The Labute approximate surface area is 108 Å². The third-order valence-electron chi connectivity index (χ3n) is 2.26. The van der Waals surface area contributed by atoms with E-state index >= 15 is 0 Å². The van der Waals surface area contributed by atoms with E-state index in [1.807, 2.05) is 0 Å². The van der Waals surface area contributed by atoms with Gasteiger partial charge in [-0.05, 0) is 19.1 Å². The van der Waals surface area contributed by atoms with Gasteiger partial charge in [-0.3, -0.25) is 10.1 Å². The Balaban J connectivity index is 2.16. The number of halogens is 1. The van der Waals surface area contributed by atoms with E-state index in [4.69, 9.17) is 16.0 Å². The first-order valence-electron chi connectivity index (χ1n) is 5.15. The molecule has 1 aromatic carbocycles. The van der Waals surface area contributed by atoms with Gasteiger partial charge in [0.05, 0.1) is 17.7 Å². The van der Waals surface area contributed by atoms with Gasteiger partial charge in [0.1, 0.15) is 11.4 Å². The lowest BCUT2D eigenvalue weighted by Crippen LogP contribution is -2.02. The van der Waals surface area contributed by atoms with Gasteiger partial charge in [0.15, 0.2) is 0 Å². The fourth-order valence-corrected chi connectivity index (χ4v) is 1.63. The molecule has 2 aromatic rings. The molecule has 0 spiro atoms. The van der Waals surface area contributed by atoms with Crippen LogP contribution in [0.1, 0.15) is 11.7 Å². The van der Waals surface area contributed by atoms with E-state index in [0.717, 1.165) is 0 Å². The van der Waals surface area contributed by atoms with Crippen molar-refractivity contribution >= 4 is 23.0 Å². The van der Waals surface area contributed by atoms with E-state index in [-0.39, 0.29) is 12.2 Å². The number of hydrogen-bond donors (Lipinski definition) is 1. The fraction of sp³-hybridized carbons (Fsp3) is 0.182. The Morgan fingerprint density at radius 2 is 2.33 bits per heavy atom. The highest BCUT2D eigenvalue weighted by Crippen LogP contribution is 2.28. The first kappa shape index (κ1) is 12.4. The molecular weight excluding hydrogens is 258 g/mol. The summed E-state index contributed by atoms with van der Waals surface area (Å²) in [6, 6.07) is 4.43. The monoisotopic (exact) mass is 267 g/mol. The van der Waals surface area contributed by atoms with Crippen molar-refractivity contribution in [3.63, 3.8) is 0 Å². The van der Waals surface area contributed by atoms with Crippen LogP contribution in [-0.2, 0) is 6.54 Å². The standard InChI is InChI=1S/C11H10ClN3O3/c1-7-5-14-11(18-7)6-13-9-3-2-8(12)4-10(9)15(16)17/h2-5,13H,6H2,1H3. The number of aromatic nitrogens is 1. The molecule has 2 rings (SSSR count). The van der Waals surface area contributed by atoms with Crippen LogP contribution in [0.4, 0.5) is 11.4 Å². The summed E-state index contributed by atoms with van der Waals surface area (Å²) in [5.41, 5.74) is 0.297. The van der Waals surface area contributed by atoms with Gasteiger partial charge in [0.25, 0.3) is 5.69 Å². The molecule has 6 nitrogen and oxygen atoms in total. The number of hydrogen-bond acceptors (Lipinski definition) is 5. The average Bonchev–Trinajstić information content (AvgIpc) is 2.73. The van der Waals surface area contributed by atoms with Crippen molar-refractivity contribution in [2.75, 3.05) is 5.32 Å². The zero-order valence-electron chi connectivity index (χ0n) is 9.51. The highest BCUT2D eigenvalue weighted by molar-refractivity contribution is 6.30. The maximum Gasteiger partial charge on any atom is 0.293 e. The molecule has 1 aromatic heterocycles. The predicted molar refractivity (Wildman–Crippen MR) is 66.7 cm³/mol. The smallest absolute Gasteiger partial charge is 0.293 e. The van der Waals surface area contributed by atoms with Crippen molar-refractivity contribution in [3.8, 4) is 0 Å². The van der Waals surface area contributed by atoms with Crippen molar-refractivity contribution in [1.29, 1.82) is 0 Å². The summed E-state index contributed by atoms with van der Waals surface area (Å²) in [4.78, 5) is 14.4. The van der Waals surface area contributed by atoms with Gasteiger partial charge >= 0.3 is 0 Å². The summed E-state index contributed by atoms with van der Waals surface area (Å²) in [6.07, 6.45) is 1.59. The molecule has 0 aliphatic carbocycles. The second kappa shape index (κ2) is 5.05. The van der Waals surface area contributed by atoms with Crippen LogP contribution in [0.3, 0.4) is 0 Å². The number of nitrogens with zero attached hydrogens (tertiary/aromatic N) is 2. The minimum Gasteiger partial charge on any atom is -0.444 e. The zero-order chi connectivity index (χ0) is 13.1. The third-order valence-corrected chi connectivity index (χ3v) is 2.49. The molecule has 0 radical (unpaired) electrons. The molecule has 0 fully saturated rings. The van der Waals surface area contributed by atoms with Gasteiger partial charge < -0.3 is 9.73 Å². The molecule has 1 N–H and O–H groups in total. The van der Waals surface area contributed by atoms with Crippen LogP contribution in [-0.4, -0.2) is 9.91 Å². The van der Waals surface area contributed by atoms with Gasteiger partial charge in [-0.2, -0.15) is 0 Å². The quantitative estimate of drug-likeness (QED) is 0.680. The third kappa shape index (κ3) is 2.78. The van der Waals surface area contributed by atoms with Crippen LogP contribution in [0.25, 0.3) is 0 Å². The van der Waals surface area contributed by atoms with Crippen molar-refractivity contribution in [1.82, 2.24) is 4.98 Å². The number of aryl methyl sites for hydroxylation is 1. The number of nitrogens with one attached hydrogen (secondary N) is 1. The lowest BCUT2D eigenvalue weighted by atomic mass is 10.2. The molecule has 94 valence electrons. The Morgan fingerprint density at radius 1 is 1.56 bits per heavy atom. The van der Waals surface area contributed by atoms with Crippen molar-refractivity contribution in [3.05, 3.63) is 51.2 Å². The predicted octanol–water partition coefficient (Wildman–Crippen LogP) is 3.16. The largest absolute Gasteiger partial charge is 0.444 e. The fourth-order valence-electron chi connectivity index (χ4n) is 1.46. The number of rotatable bonds is 4. The van der Waals surface area contributed by atoms with Crippen molar-refractivity contribution in [2.24, 2.45) is 0 Å². The van der Waals surface area contributed by atoms with Crippen molar-refractivity contribution < 1.29 is 9.34 Å². The number of benzene rings is 1. The Hall–Kier alpha value is -2.08. The Morgan fingerprint density at radius 3 is 2.94 bits per heavy atom. The highest BCUT2D eigenvalue weighted by atomic mass is 35.5. The molecule has 0 aliphatic heterocycles. The summed E-state index contributed by atoms with van der Waals surface area (Å²) in [6.45, 7) is 2.05. The number of nitro groups is 1. The van der Waals surface area contributed by atoms with Gasteiger partial charge in [0.2, 0.25) is 5.89 Å². The van der Waals surface area contributed by atoms with Gasteiger partial charge in [-0.1, -0.05) is 11.6 Å². The molecule has 0 atom stereocenters. The maximum absolute atomic E-state index is 10.9. The molecule has 18 heavy (non-hydrogen) atoms. The lowest BCUT2D eigenvalue weighted by Gasteiger charge is -2.05. The van der Waals surface area contributed by atoms with Crippen LogP contribution in [0.5, 0.6) is 0 Å². The van der Waals surface area contributed by atoms with E-state index in [0.29, 0.717) is 22.4 Å². The minimum absolute atomic E-state index is 0.0780. The molecule has 0 amide bonds. The summed E-state index contributed by atoms with van der Waals surface area (Å²) in [5.74, 6) is 1.16. The zero-order valence-corrected chi connectivity index (χ0v) is 10.3. The van der Waals surface area contributed by atoms with Crippen LogP contribution in [0.2, 0.25) is 5.02 Å². The Bertz CT molecular complexity index is 583. The van der Waals surface area contributed by atoms with E-state index in [9.17, 15) is 10.1 Å². The molecule has 7 heteroatoms. The topological polar surface area (TPSA) is 81.2 Å². The molecule has 0 unspecified atom stereocenters. The number of oxazole rings is 1. The molecule has 0 aliphatic rings. The lowest BCUT2D eigenvalue weighted by molar-refractivity contribution is -0.383. The first-order valence-corrected chi connectivity index (χ1v) is 5.53. The maximum atomic E-state index is 10.9. The van der Waals surface area contributed by atoms with E-state index in [2.05, 4.69) is 10.3 Å². The van der Waals surface area contributed by atoms with Crippen LogP contribution >= 0.6 is 11.6 Å². The van der Waals surface area contributed by atoms with E-state index in [1.54, 1.807) is 25.3 Å². The molecule has 0 bridgehead atoms. The van der Waals surface area contributed by atoms with E-state index < -0.39 is 4.92 Å². The van der Waals surface area contributed by atoms with Crippen molar-refractivity contribution in [2.45, 2.75) is 13.5 Å². The molecular formula is C11H10ClN3O3. The Kier molecular flexibility index (Phi) is 3.47. The first-order chi connectivity index (χ1) is 8.56. The van der Waals surface area contributed by atoms with E-state index in [1.165, 1.54) is 6.07 Å². The molecule has 0 saturated heterocycles. The summed E-state index contributed by atoms with van der Waals surface area (Å²) < 4.78 is 5.26. The van der Waals surface area contributed by atoms with Gasteiger partial charge in [0, 0.05) is 11.1 Å². The second-order valence-corrected chi connectivity index (χ2v) is 4.07. The molecule has 1 heterocycles. The average molecular weight is 268 g/mol. The van der Waals surface area contributed by atoms with Gasteiger partial charge in [-0.25, -0.2) is 4.98 Å². The summed E-state index contributed by atoms with van der Waals surface area (Å²) in [5, 5.41) is 14.1. The van der Waals surface area contributed by atoms with Crippen LogP contribution in [0.15, 0.2) is 28.8 Å². The SMILES string of the molecule is Cc1cnc(CNc2ccc(Cl)cc2[N+](=O)[O-])o1. The summed E-state index contributed by atoms with van der Waals surface area (Å²) >= 11 is 5.72. The summed E-state index contributed by atoms with van der Waals surface area (Å²) in [7, 11) is 0. The van der Waals surface area contributed by atoms with Crippen LogP contribution < -0.4 is 5.32 Å². The normalized spacial score (nSPS) is 10.3. The minimum atomic E-state index is -0.491. The van der Waals surface area contributed by atoms with Crippen LogP contribution in [0, 0.1) is 17.0 Å². The number of anilines is 1. The molecule has 0 saturated carbocycles. The van der Waals surface area contributed by atoms with Gasteiger partial charge in [-0.15, -0.1) is 0 Å². The highest BCUT2D eigenvalue weighted by Gasteiger charge is 2.14.